The van der Waals surface area contributed by atoms with Crippen LogP contribution in [0.25, 0.3) is 0 Å². The molecule has 0 aromatic heterocycles. The second-order valence-corrected chi connectivity index (χ2v) is 11.5. The molecule has 3 aliphatic rings. The van der Waals surface area contributed by atoms with Crippen molar-refractivity contribution in [2.45, 2.75) is 86.8 Å². The van der Waals surface area contributed by atoms with Gasteiger partial charge < -0.3 is 15.1 Å². The van der Waals surface area contributed by atoms with Crippen LogP contribution in [0.3, 0.4) is 0 Å². The van der Waals surface area contributed by atoms with Gasteiger partial charge in [-0.2, -0.15) is 13.2 Å². The predicted octanol–water partition coefficient (Wildman–Crippen LogP) is 7.43. The number of nitrogens with one attached hydrogen (secondary N) is 1. The first-order chi connectivity index (χ1) is 16.8. The van der Waals surface area contributed by atoms with Gasteiger partial charge >= 0.3 is 6.18 Å². The third-order valence-corrected chi connectivity index (χ3v) is 8.98. The van der Waals surface area contributed by atoms with Crippen LogP contribution in [0.1, 0.15) is 69.1 Å². The molecule has 3 heterocycles. The van der Waals surface area contributed by atoms with E-state index in [1.165, 1.54) is 54.4 Å². The average molecular weight is 504 g/mol. The highest BCUT2D eigenvalue weighted by atomic mass is 32.2. The number of hydrogen-bond acceptors (Lipinski definition) is 4. The molecule has 35 heavy (non-hydrogen) atoms. The summed E-state index contributed by atoms with van der Waals surface area (Å²) in [7, 11) is 0. The number of benzene rings is 2. The fourth-order valence-electron chi connectivity index (χ4n) is 5.80. The molecule has 2 aromatic carbocycles. The Morgan fingerprint density at radius 1 is 1.00 bits per heavy atom. The van der Waals surface area contributed by atoms with Gasteiger partial charge in [0.1, 0.15) is 0 Å². The molecule has 0 radical (unpaired) electrons. The number of rotatable bonds is 5. The molecule has 2 fully saturated rings. The molecule has 3 aliphatic heterocycles. The van der Waals surface area contributed by atoms with Crippen molar-refractivity contribution in [1.82, 2.24) is 4.90 Å². The molecule has 1 atom stereocenters. The molecular formula is C28H36F3N3S. The van der Waals surface area contributed by atoms with E-state index in [-0.39, 0.29) is 6.04 Å². The van der Waals surface area contributed by atoms with Gasteiger partial charge in [-0.15, -0.1) is 0 Å². The lowest BCUT2D eigenvalue weighted by Gasteiger charge is -2.36. The molecule has 0 aliphatic carbocycles. The molecule has 190 valence electrons. The van der Waals surface area contributed by atoms with E-state index in [1.807, 2.05) is 0 Å². The van der Waals surface area contributed by atoms with Gasteiger partial charge in [0.2, 0.25) is 0 Å². The van der Waals surface area contributed by atoms with Crippen molar-refractivity contribution >= 4 is 23.1 Å². The molecule has 0 bridgehead atoms. The largest absolute Gasteiger partial charge is 0.416 e. The number of piperidine rings is 2. The maximum Gasteiger partial charge on any atom is 0.416 e. The van der Waals surface area contributed by atoms with E-state index >= 15 is 0 Å². The lowest BCUT2D eigenvalue weighted by molar-refractivity contribution is -0.137. The number of hydrogen-bond donors (Lipinski definition) is 1. The third-order valence-electron chi connectivity index (χ3n) is 7.80. The van der Waals surface area contributed by atoms with E-state index in [0.29, 0.717) is 18.2 Å². The van der Waals surface area contributed by atoms with Gasteiger partial charge in [-0.1, -0.05) is 24.8 Å². The highest BCUT2D eigenvalue weighted by molar-refractivity contribution is 7.99. The van der Waals surface area contributed by atoms with Crippen molar-refractivity contribution in [3.05, 3.63) is 47.0 Å². The summed E-state index contributed by atoms with van der Waals surface area (Å²) >= 11 is 1.50. The fourth-order valence-corrected chi connectivity index (χ4v) is 6.98. The fraction of sp³-hybridized carbons (Fsp3) is 0.571. The van der Waals surface area contributed by atoms with Gasteiger partial charge in [-0.25, -0.2) is 0 Å². The van der Waals surface area contributed by atoms with Crippen molar-refractivity contribution in [3.8, 4) is 0 Å². The summed E-state index contributed by atoms with van der Waals surface area (Å²) in [5, 5.41) is 3.54. The number of fused-ring (bicyclic) bond motifs is 2. The highest BCUT2D eigenvalue weighted by Crippen LogP contribution is 2.47. The highest BCUT2D eigenvalue weighted by Gasteiger charge is 2.34. The van der Waals surface area contributed by atoms with Crippen molar-refractivity contribution < 1.29 is 13.2 Å². The van der Waals surface area contributed by atoms with Crippen LogP contribution in [0.2, 0.25) is 0 Å². The first-order valence-corrected chi connectivity index (χ1v) is 13.9. The lowest BCUT2D eigenvalue weighted by Crippen LogP contribution is -2.39. The van der Waals surface area contributed by atoms with Gasteiger partial charge in [0.05, 0.1) is 5.56 Å². The molecule has 0 saturated carbocycles. The minimum atomic E-state index is -4.36. The molecule has 1 N–H and O–H groups in total. The molecule has 3 nitrogen and oxygen atoms in total. The number of halogens is 3. The molecule has 7 heteroatoms. The van der Waals surface area contributed by atoms with Gasteiger partial charge in [0.15, 0.2) is 0 Å². The van der Waals surface area contributed by atoms with E-state index < -0.39 is 11.7 Å². The van der Waals surface area contributed by atoms with Gasteiger partial charge in [-0.05, 0) is 87.4 Å². The topological polar surface area (TPSA) is 18.5 Å². The van der Waals surface area contributed by atoms with Crippen LogP contribution in [0.5, 0.6) is 0 Å². The zero-order chi connectivity index (χ0) is 24.6. The van der Waals surface area contributed by atoms with Crippen LogP contribution < -0.4 is 10.2 Å². The van der Waals surface area contributed by atoms with Crippen LogP contribution >= 0.6 is 11.8 Å². The summed E-state index contributed by atoms with van der Waals surface area (Å²) in [5.74, 6) is 0. The minimum Gasteiger partial charge on any atom is -0.382 e. The zero-order valence-electron chi connectivity index (χ0n) is 20.8. The number of alkyl halides is 3. The standard InChI is InChI=1S/C28H36F3N3S/c1-3-11-33-13-9-22(10-14-33)32-25-16-21(28(29,30)31)17-27-24(25)15-20-7-8-23(18-26(20)35-27)34-12-5-4-6-19(34)2/h7-8,16-19,22,32H,3-6,9-15H2,1-2H3. The van der Waals surface area contributed by atoms with Crippen molar-refractivity contribution in [2.75, 3.05) is 36.4 Å². The maximum atomic E-state index is 13.8. The summed E-state index contributed by atoms with van der Waals surface area (Å²) in [6.07, 6.45) is 3.02. The Hall–Kier alpha value is -1.86. The van der Waals surface area contributed by atoms with Crippen LogP contribution in [-0.2, 0) is 12.6 Å². The maximum absolute atomic E-state index is 13.8. The van der Waals surface area contributed by atoms with E-state index in [0.717, 1.165) is 60.8 Å². The average Bonchev–Trinajstić information content (AvgIpc) is 2.83. The number of nitrogens with zero attached hydrogens (tertiary/aromatic N) is 2. The monoisotopic (exact) mass is 503 g/mol. The summed E-state index contributed by atoms with van der Waals surface area (Å²) in [4.78, 5) is 6.73. The molecule has 2 aromatic rings. The van der Waals surface area contributed by atoms with E-state index in [9.17, 15) is 13.2 Å². The quantitative estimate of drug-likeness (QED) is 0.390. The summed E-state index contributed by atoms with van der Waals surface area (Å²) in [5.41, 5.74) is 3.51. The van der Waals surface area contributed by atoms with Crippen molar-refractivity contribution in [3.63, 3.8) is 0 Å². The van der Waals surface area contributed by atoms with Crippen molar-refractivity contribution in [2.24, 2.45) is 0 Å². The van der Waals surface area contributed by atoms with Crippen LogP contribution in [0.15, 0.2) is 40.1 Å². The SMILES string of the molecule is CCCN1CCC(Nc2cc(C(F)(F)F)cc3c2Cc2ccc(N4CCCCC4C)cc2S3)CC1. The number of likely N-dealkylation sites (tertiary alicyclic amines) is 1. The lowest BCUT2D eigenvalue weighted by atomic mass is 9.97. The molecule has 2 saturated heterocycles. The van der Waals surface area contributed by atoms with Crippen LogP contribution in [0.4, 0.5) is 24.5 Å². The Bertz CT molecular complexity index is 1050. The Morgan fingerprint density at radius 3 is 2.51 bits per heavy atom. The third kappa shape index (κ3) is 5.46. The Balaban J connectivity index is 1.41. The summed E-state index contributed by atoms with van der Waals surface area (Å²) in [6, 6.07) is 9.99. The summed E-state index contributed by atoms with van der Waals surface area (Å²) in [6.45, 7) is 8.60. The minimum absolute atomic E-state index is 0.213. The normalized spacial score (nSPS) is 21.5. The molecule has 0 amide bonds. The Labute approximate surface area is 211 Å². The number of anilines is 2. The second-order valence-electron chi connectivity index (χ2n) is 10.4. The summed E-state index contributed by atoms with van der Waals surface area (Å²) < 4.78 is 41.5. The Morgan fingerprint density at radius 2 is 1.80 bits per heavy atom. The molecular weight excluding hydrogens is 467 g/mol. The second kappa shape index (κ2) is 10.3. The zero-order valence-corrected chi connectivity index (χ0v) is 21.6. The van der Waals surface area contributed by atoms with Crippen LogP contribution in [-0.4, -0.2) is 43.2 Å². The van der Waals surface area contributed by atoms with E-state index in [2.05, 4.69) is 47.2 Å². The predicted molar refractivity (Wildman–Crippen MR) is 139 cm³/mol. The van der Waals surface area contributed by atoms with E-state index in [1.54, 1.807) is 0 Å². The first kappa shape index (κ1) is 24.8. The first-order valence-electron chi connectivity index (χ1n) is 13.1. The van der Waals surface area contributed by atoms with Crippen molar-refractivity contribution in [1.29, 1.82) is 0 Å². The van der Waals surface area contributed by atoms with Crippen LogP contribution in [0, 0.1) is 0 Å². The smallest absolute Gasteiger partial charge is 0.382 e. The molecule has 1 unspecified atom stereocenters. The van der Waals surface area contributed by atoms with Gasteiger partial charge in [0.25, 0.3) is 0 Å². The molecule has 5 rings (SSSR count). The molecule has 0 spiro atoms. The van der Waals surface area contributed by atoms with Gasteiger partial charge in [0, 0.05) is 59.3 Å². The van der Waals surface area contributed by atoms with E-state index in [4.69, 9.17) is 0 Å². The Kier molecular flexibility index (Phi) is 7.27. The van der Waals surface area contributed by atoms with Gasteiger partial charge in [-0.3, -0.25) is 0 Å².